The number of aryl methyl sites for hydroxylation is 1. The lowest BCUT2D eigenvalue weighted by Gasteiger charge is -2.19. The fraction of sp³-hybridized carbons (Fsp3) is 0.250. The van der Waals surface area contributed by atoms with Gasteiger partial charge in [0.25, 0.3) is 0 Å². The average molecular weight is 311 g/mol. The van der Waals surface area contributed by atoms with Gasteiger partial charge in [0.05, 0.1) is 0 Å². The predicted octanol–water partition coefficient (Wildman–Crippen LogP) is 5.78. The number of rotatable bonds is 4. The van der Waals surface area contributed by atoms with Gasteiger partial charge in [0.1, 0.15) is 0 Å². The quantitative estimate of drug-likeness (QED) is 0.718. The van der Waals surface area contributed by atoms with Crippen LogP contribution in [0.15, 0.2) is 53.4 Å². The number of halogens is 3. The zero-order valence-corrected chi connectivity index (χ0v) is 12.6. The zero-order valence-electron chi connectivity index (χ0n) is 11.7. The largest absolute Gasteiger partial charge is 0.446 e. The first-order valence-corrected chi connectivity index (χ1v) is 7.35. The van der Waals surface area contributed by atoms with Crippen LogP contribution in [0, 0.1) is 6.92 Å². The van der Waals surface area contributed by atoms with E-state index >= 15 is 0 Å². The third-order valence-electron chi connectivity index (χ3n) is 3.03. The molecular formula is C16H16F3NS. The van der Waals surface area contributed by atoms with Gasteiger partial charge in [0.15, 0.2) is 0 Å². The summed E-state index contributed by atoms with van der Waals surface area (Å²) in [4.78, 5) is 0.185. The first-order valence-electron chi connectivity index (χ1n) is 6.53. The van der Waals surface area contributed by atoms with Crippen LogP contribution in [-0.2, 0) is 0 Å². The highest BCUT2D eigenvalue weighted by atomic mass is 32.2. The molecule has 0 heterocycles. The molecule has 0 fully saturated rings. The number of hydrogen-bond donors (Lipinski definition) is 1. The number of para-hydroxylation sites is 1. The summed E-state index contributed by atoms with van der Waals surface area (Å²) in [7, 11) is 0. The molecule has 1 nitrogen and oxygen atoms in total. The van der Waals surface area contributed by atoms with Crippen LogP contribution in [0.4, 0.5) is 18.9 Å². The van der Waals surface area contributed by atoms with Crippen LogP contribution in [-0.4, -0.2) is 5.51 Å². The van der Waals surface area contributed by atoms with Crippen molar-refractivity contribution in [2.45, 2.75) is 30.3 Å². The summed E-state index contributed by atoms with van der Waals surface area (Å²) in [5.74, 6) is 0. The van der Waals surface area contributed by atoms with Crippen molar-refractivity contribution in [2.24, 2.45) is 0 Å². The molecule has 0 aliphatic carbocycles. The van der Waals surface area contributed by atoms with Crippen molar-refractivity contribution in [3.8, 4) is 0 Å². The molecule has 1 N–H and O–H groups in total. The zero-order chi connectivity index (χ0) is 15.5. The average Bonchev–Trinajstić information content (AvgIpc) is 2.39. The molecule has 2 rings (SSSR count). The molecule has 5 heteroatoms. The Morgan fingerprint density at radius 3 is 2.43 bits per heavy atom. The van der Waals surface area contributed by atoms with Gasteiger partial charge in [-0.1, -0.05) is 42.0 Å². The second kappa shape index (κ2) is 6.43. The van der Waals surface area contributed by atoms with Crippen molar-refractivity contribution < 1.29 is 13.2 Å². The molecule has 1 atom stereocenters. The monoisotopic (exact) mass is 311 g/mol. The lowest BCUT2D eigenvalue weighted by Crippen LogP contribution is -2.08. The minimum absolute atomic E-state index is 0.0696. The van der Waals surface area contributed by atoms with E-state index < -0.39 is 5.51 Å². The summed E-state index contributed by atoms with van der Waals surface area (Å²) in [5.41, 5.74) is -1.63. The van der Waals surface area contributed by atoms with Crippen LogP contribution >= 0.6 is 11.8 Å². The Bertz CT molecular complexity index is 610. The highest BCUT2D eigenvalue weighted by Gasteiger charge is 2.30. The van der Waals surface area contributed by atoms with Gasteiger partial charge in [0.2, 0.25) is 0 Å². The van der Waals surface area contributed by atoms with Gasteiger partial charge in [-0.2, -0.15) is 13.2 Å². The van der Waals surface area contributed by atoms with E-state index in [1.165, 1.54) is 6.07 Å². The van der Waals surface area contributed by atoms with Crippen molar-refractivity contribution in [3.05, 3.63) is 59.7 Å². The second-order valence-electron chi connectivity index (χ2n) is 4.82. The molecule has 0 radical (unpaired) electrons. The SMILES string of the molecule is Cc1cccc(C(C)Nc2ccccc2SC(F)(F)F)c1. The Kier molecular flexibility index (Phi) is 4.83. The summed E-state index contributed by atoms with van der Waals surface area (Å²) in [6, 6.07) is 14.3. The Hall–Kier alpha value is -1.62. The van der Waals surface area contributed by atoms with Gasteiger partial charge in [-0.15, -0.1) is 0 Å². The normalized spacial score (nSPS) is 13.0. The Balaban J connectivity index is 2.19. The fourth-order valence-corrected chi connectivity index (χ4v) is 2.69. The first-order chi connectivity index (χ1) is 9.85. The Morgan fingerprint density at radius 2 is 1.76 bits per heavy atom. The molecule has 1 unspecified atom stereocenters. The Labute approximate surface area is 126 Å². The lowest BCUT2D eigenvalue weighted by atomic mass is 10.1. The maximum absolute atomic E-state index is 12.6. The van der Waals surface area contributed by atoms with E-state index in [0.29, 0.717) is 5.69 Å². The van der Waals surface area contributed by atoms with Crippen molar-refractivity contribution in [1.82, 2.24) is 0 Å². The second-order valence-corrected chi connectivity index (χ2v) is 5.93. The van der Waals surface area contributed by atoms with Gasteiger partial charge in [0, 0.05) is 16.6 Å². The summed E-state index contributed by atoms with van der Waals surface area (Å²) >= 11 is -0.0948. The maximum Gasteiger partial charge on any atom is 0.446 e. The molecule has 21 heavy (non-hydrogen) atoms. The Morgan fingerprint density at radius 1 is 1.05 bits per heavy atom. The molecule has 112 valence electrons. The molecule has 0 saturated heterocycles. The van der Waals surface area contributed by atoms with E-state index in [-0.39, 0.29) is 22.7 Å². The van der Waals surface area contributed by atoms with Crippen LogP contribution < -0.4 is 5.32 Å². The molecule has 0 amide bonds. The summed E-state index contributed by atoms with van der Waals surface area (Å²) in [6.45, 7) is 3.92. The third kappa shape index (κ3) is 4.70. The molecule has 2 aromatic rings. The lowest BCUT2D eigenvalue weighted by molar-refractivity contribution is -0.0327. The van der Waals surface area contributed by atoms with Crippen LogP contribution in [0.1, 0.15) is 24.1 Å². The number of benzene rings is 2. The van der Waals surface area contributed by atoms with E-state index in [1.807, 2.05) is 38.1 Å². The minimum Gasteiger partial charge on any atom is -0.378 e. The van der Waals surface area contributed by atoms with E-state index in [1.54, 1.807) is 18.2 Å². The van der Waals surface area contributed by atoms with Crippen LogP contribution in [0.25, 0.3) is 0 Å². The predicted molar refractivity (Wildman–Crippen MR) is 81.6 cm³/mol. The molecule has 0 spiro atoms. The van der Waals surface area contributed by atoms with Crippen molar-refractivity contribution in [3.63, 3.8) is 0 Å². The van der Waals surface area contributed by atoms with Gasteiger partial charge in [-0.25, -0.2) is 0 Å². The van der Waals surface area contributed by atoms with Crippen LogP contribution in [0.5, 0.6) is 0 Å². The van der Waals surface area contributed by atoms with Crippen molar-refractivity contribution >= 4 is 17.4 Å². The van der Waals surface area contributed by atoms with E-state index in [4.69, 9.17) is 0 Å². The topological polar surface area (TPSA) is 12.0 Å². The molecule has 2 aromatic carbocycles. The minimum atomic E-state index is -4.29. The van der Waals surface area contributed by atoms with E-state index in [0.717, 1.165) is 11.1 Å². The summed E-state index contributed by atoms with van der Waals surface area (Å²) in [6.07, 6.45) is 0. The summed E-state index contributed by atoms with van der Waals surface area (Å²) in [5, 5.41) is 3.16. The van der Waals surface area contributed by atoms with Crippen molar-refractivity contribution in [1.29, 1.82) is 0 Å². The van der Waals surface area contributed by atoms with Gasteiger partial charge >= 0.3 is 5.51 Å². The third-order valence-corrected chi connectivity index (χ3v) is 3.83. The first kappa shape index (κ1) is 15.8. The van der Waals surface area contributed by atoms with Gasteiger partial charge < -0.3 is 5.32 Å². The molecule has 0 bridgehead atoms. The molecule has 0 aliphatic heterocycles. The molecule has 0 aliphatic rings. The molecule has 0 saturated carbocycles. The van der Waals surface area contributed by atoms with E-state index in [2.05, 4.69) is 5.32 Å². The van der Waals surface area contributed by atoms with Crippen LogP contribution in [0.3, 0.4) is 0 Å². The molecule has 0 aromatic heterocycles. The highest BCUT2D eigenvalue weighted by Crippen LogP contribution is 2.41. The maximum atomic E-state index is 12.6. The van der Waals surface area contributed by atoms with E-state index in [9.17, 15) is 13.2 Å². The number of thioether (sulfide) groups is 1. The number of alkyl halides is 3. The smallest absolute Gasteiger partial charge is 0.378 e. The fourth-order valence-electron chi connectivity index (χ4n) is 2.06. The number of anilines is 1. The number of nitrogens with one attached hydrogen (secondary N) is 1. The van der Waals surface area contributed by atoms with Gasteiger partial charge in [-0.05, 0) is 43.3 Å². The summed E-state index contributed by atoms with van der Waals surface area (Å²) < 4.78 is 37.7. The van der Waals surface area contributed by atoms with Gasteiger partial charge in [-0.3, -0.25) is 0 Å². The van der Waals surface area contributed by atoms with Crippen molar-refractivity contribution in [2.75, 3.05) is 5.32 Å². The van der Waals surface area contributed by atoms with Crippen LogP contribution in [0.2, 0.25) is 0 Å². The highest BCUT2D eigenvalue weighted by molar-refractivity contribution is 8.00. The number of hydrogen-bond acceptors (Lipinski definition) is 2. The standard InChI is InChI=1S/C16H16F3NS/c1-11-6-5-7-13(10-11)12(2)20-14-8-3-4-9-15(14)21-16(17,18)19/h3-10,12,20H,1-2H3. The molecular weight excluding hydrogens is 295 g/mol.